The second-order valence-electron chi connectivity index (χ2n) is 11.3. The zero-order valence-electron chi connectivity index (χ0n) is 23.0. The van der Waals surface area contributed by atoms with Gasteiger partial charge in [-0.15, -0.1) is 11.3 Å². The van der Waals surface area contributed by atoms with Gasteiger partial charge < -0.3 is 9.31 Å². The predicted molar refractivity (Wildman–Crippen MR) is 167 cm³/mol. The summed E-state index contributed by atoms with van der Waals surface area (Å²) in [6.45, 7) is 8.37. The molecule has 7 rings (SSSR count). The monoisotopic (exact) mass is 540 g/mol. The third-order valence-corrected chi connectivity index (χ3v) is 9.25. The molecule has 3 heterocycles. The maximum Gasteiger partial charge on any atom is 0.494 e. The van der Waals surface area contributed by atoms with Gasteiger partial charge >= 0.3 is 7.12 Å². The Balaban J connectivity index is 1.50. The Kier molecular flexibility index (Phi) is 5.90. The van der Waals surface area contributed by atoms with Crippen LogP contribution >= 0.6 is 11.3 Å². The molecular weight excluding hydrogens is 511 g/mol. The first-order valence-corrected chi connectivity index (χ1v) is 14.4. The van der Waals surface area contributed by atoms with E-state index in [1.54, 1.807) is 11.3 Å². The molecule has 0 radical (unpaired) electrons. The van der Waals surface area contributed by atoms with Crippen molar-refractivity contribution in [1.29, 1.82) is 0 Å². The molecule has 1 saturated heterocycles. The molecule has 0 aliphatic carbocycles. The Morgan fingerprint density at radius 3 is 1.93 bits per heavy atom. The molecule has 6 aromatic rings. The Bertz CT molecular complexity index is 1790. The minimum Gasteiger partial charge on any atom is -0.399 e. The first kappa shape index (κ1) is 25.2. The van der Waals surface area contributed by atoms with Crippen molar-refractivity contribution in [3.05, 3.63) is 103 Å². The topological polar surface area (TPSA) is 44.2 Å². The van der Waals surface area contributed by atoms with E-state index in [9.17, 15) is 0 Å². The fourth-order valence-electron chi connectivity index (χ4n) is 5.25. The quantitative estimate of drug-likeness (QED) is 0.212. The molecule has 0 spiro atoms. The van der Waals surface area contributed by atoms with Gasteiger partial charge in [0.1, 0.15) is 0 Å². The molecule has 0 atom stereocenters. The summed E-state index contributed by atoms with van der Waals surface area (Å²) < 4.78 is 15.4. The molecule has 0 N–H and O–H groups in total. The van der Waals surface area contributed by atoms with E-state index in [1.165, 1.54) is 20.2 Å². The third kappa shape index (κ3) is 4.24. The summed E-state index contributed by atoms with van der Waals surface area (Å²) in [5, 5.41) is 2.41. The molecule has 0 amide bonds. The van der Waals surface area contributed by atoms with Gasteiger partial charge in [-0.1, -0.05) is 84.9 Å². The maximum absolute atomic E-state index is 6.50. The summed E-state index contributed by atoms with van der Waals surface area (Å²) in [5.41, 5.74) is 4.99. The van der Waals surface area contributed by atoms with E-state index in [2.05, 4.69) is 94.4 Å². The number of rotatable bonds is 4. The molecule has 0 bridgehead atoms. The van der Waals surface area contributed by atoms with Gasteiger partial charge in [0, 0.05) is 36.9 Å². The highest BCUT2D eigenvalue weighted by Gasteiger charge is 2.51. The van der Waals surface area contributed by atoms with Crippen LogP contribution < -0.4 is 5.46 Å². The van der Waals surface area contributed by atoms with Crippen molar-refractivity contribution < 1.29 is 9.31 Å². The summed E-state index contributed by atoms with van der Waals surface area (Å²) in [7, 11) is -0.470. The molecule has 1 aliphatic rings. The molecule has 0 saturated carbocycles. The van der Waals surface area contributed by atoms with Crippen molar-refractivity contribution in [2.45, 2.75) is 38.9 Å². The number of thiophene rings is 1. The van der Waals surface area contributed by atoms with Crippen molar-refractivity contribution in [1.82, 2.24) is 9.97 Å². The lowest BCUT2D eigenvalue weighted by Gasteiger charge is -2.32. The summed E-state index contributed by atoms with van der Waals surface area (Å²) in [5.74, 6) is 0.700. The van der Waals surface area contributed by atoms with Crippen LogP contribution in [0.2, 0.25) is 0 Å². The lowest BCUT2D eigenvalue weighted by Crippen LogP contribution is -2.41. The molecule has 4 nitrogen and oxygen atoms in total. The molecule has 4 aromatic carbocycles. The van der Waals surface area contributed by atoms with Crippen LogP contribution in [0.1, 0.15) is 27.7 Å². The smallest absolute Gasteiger partial charge is 0.399 e. The third-order valence-electron chi connectivity index (χ3n) is 8.13. The SMILES string of the molecule is CC1(C)OB(c2cc(-c3cc(-c4ccccc4)nc(-c4ccccc4)n3)c3c(c2)sc2ccccc23)OC1(C)C. The largest absolute Gasteiger partial charge is 0.494 e. The molecule has 6 heteroatoms. The van der Waals surface area contributed by atoms with Crippen LogP contribution in [0.3, 0.4) is 0 Å². The van der Waals surface area contributed by atoms with Crippen molar-refractivity contribution in [2.24, 2.45) is 0 Å². The molecule has 196 valence electrons. The minimum atomic E-state index is -0.470. The van der Waals surface area contributed by atoms with Crippen LogP contribution in [0, 0.1) is 0 Å². The molecule has 2 aromatic heterocycles. The van der Waals surface area contributed by atoms with E-state index < -0.39 is 18.3 Å². The van der Waals surface area contributed by atoms with Crippen LogP contribution in [0.4, 0.5) is 0 Å². The fourth-order valence-corrected chi connectivity index (χ4v) is 6.43. The number of nitrogens with zero attached hydrogens (tertiary/aromatic N) is 2. The van der Waals surface area contributed by atoms with Crippen molar-refractivity contribution in [3.63, 3.8) is 0 Å². The lowest BCUT2D eigenvalue weighted by molar-refractivity contribution is 0.00578. The summed E-state index contributed by atoms with van der Waals surface area (Å²) in [6, 6.07) is 35.6. The number of benzene rings is 4. The van der Waals surface area contributed by atoms with Crippen molar-refractivity contribution >= 4 is 44.1 Å². The first-order chi connectivity index (χ1) is 19.3. The summed E-state index contributed by atoms with van der Waals surface area (Å²) in [4.78, 5) is 10.2. The van der Waals surface area contributed by atoms with E-state index in [0.29, 0.717) is 5.82 Å². The molecule has 0 unspecified atom stereocenters. The van der Waals surface area contributed by atoms with Gasteiger partial charge in [0.15, 0.2) is 5.82 Å². The number of aromatic nitrogens is 2. The minimum absolute atomic E-state index is 0.428. The Morgan fingerprint density at radius 1 is 0.625 bits per heavy atom. The zero-order valence-corrected chi connectivity index (χ0v) is 23.8. The number of hydrogen-bond donors (Lipinski definition) is 0. The molecule has 1 aliphatic heterocycles. The second-order valence-corrected chi connectivity index (χ2v) is 12.4. The molecule has 40 heavy (non-hydrogen) atoms. The summed E-state index contributed by atoms with van der Waals surface area (Å²) >= 11 is 1.79. The first-order valence-electron chi connectivity index (χ1n) is 13.6. The summed E-state index contributed by atoms with van der Waals surface area (Å²) in [6.07, 6.45) is 0. The van der Waals surface area contributed by atoms with Crippen LogP contribution in [0.15, 0.2) is 103 Å². The van der Waals surface area contributed by atoms with Gasteiger partial charge in [0.2, 0.25) is 0 Å². The Labute approximate surface area is 238 Å². The van der Waals surface area contributed by atoms with Gasteiger partial charge in [0.25, 0.3) is 0 Å². The molecule has 1 fully saturated rings. The lowest BCUT2D eigenvalue weighted by atomic mass is 9.77. The van der Waals surface area contributed by atoms with E-state index in [0.717, 1.165) is 33.5 Å². The van der Waals surface area contributed by atoms with Crippen LogP contribution in [0.5, 0.6) is 0 Å². The standard InChI is InChI=1S/C34H29BN2O2S/c1-33(2)34(3,4)39-35(38-33)24-19-26(31-25-17-11-12-18-29(25)40-30(31)20-24)28-21-27(22-13-7-5-8-14-22)36-32(37-28)23-15-9-6-10-16-23/h5-21H,1-4H3. The highest BCUT2D eigenvalue weighted by atomic mass is 32.1. The zero-order chi connectivity index (χ0) is 27.5. The normalized spacial score (nSPS) is 16.1. The van der Waals surface area contributed by atoms with Gasteiger partial charge in [0.05, 0.1) is 22.6 Å². The van der Waals surface area contributed by atoms with Crippen LogP contribution in [-0.2, 0) is 9.31 Å². The number of fused-ring (bicyclic) bond motifs is 3. The average molecular weight is 540 g/mol. The van der Waals surface area contributed by atoms with Crippen LogP contribution in [0.25, 0.3) is 54.1 Å². The highest BCUT2D eigenvalue weighted by molar-refractivity contribution is 7.26. The van der Waals surface area contributed by atoms with E-state index in [-0.39, 0.29) is 0 Å². The van der Waals surface area contributed by atoms with E-state index >= 15 is 0 Å². The molecular formula is C34H29BN2O2S. The fraction of sp³-hybridized carbons (Fsp3) is 0.176. The van der Waals surface area contributed by atoms with E-state index in [4.69, 9.17) is 19.3 Å². The van der Waals surface area contributed by atoms with Gasteiger partial charge in [-0.2, -0.15) is 0 Å². The second kappa shape index (κ2) is 9.38. The number of hydrogen-bond acceptors (Lipinski definition) is 5. The van der Waals surface area contributed by atoms with Gasteiger partial charge in [-0.05, 0) is 51.4 Å². The van der Waals surface area contributed by atoms with Gasteiger partial charge in [-0.3, -0.25) is 0 Å². The van der Waals surface area contributed by atoms with Gasteiger partial charge in [-0.25, -0.2) is 9.97 Å². The van der Waals surface area contributed by atoms with Crippen molar-refractivity contribution in [2.75, 3.05) is 0 Å². The van der Waals surface area contributed by atoms with Crippen molar-refractivity contribution in [3.8, 4) is 33.9 Å². The van der Waals surface area contributed by atoms with E-state index in [1.807, 2.05) is 36.4 Å². The van der Waals surface area contributed by atoms with Crippen LogP contribution in [-0.4, -0.2) is 28.3 Å². The Morgan fingerprint density at radius 2 is 1.23 bits per heavy atom. The highest BCUT2D eigenvalue weighted by Crippen LogP contribution is 2.42. The Hall–Kier alpha value is -3.84. The maximum atomic E-state index is 6.50. The average Bonchev–Trinajstić information content (AvgIpc) is 3.45. The predicted octanol–water partition coefficient (Wildman–Crippen LogP) is 8.14.